The van der Waals surface area contributed by atoms with Crippen molar-refractivity contribution in [2.45, 2.75) is 31.5 Å². The molecule has 1 aromatic carbocycles. The maximum Gasteiger partial charge on any atom is 0.335 e. The van der Waals surface area contributed by atoms with Crippen LogP contribution in [0.25, 0.3) is 0 Å². The van der Waals surface area contributed by atoms with Crippen LogP contribution >= 0.6 is 0 Å². The number of aliphatic hydroxyl groups is 1. The summed E-state index contributed by atoms with van der Waals surface area (Å²) in [5.41, 5.74) is 1.05. The zero-order chi connectivity index (χ0) is 13.8. The lowest BCUT2D eigenvalue weighted by molar-refractivity contribution is 0.0661. The number of carbonyl (C=O) groups is 2. The highest BCUT2D eigenvalue weighted by molar-refractivity contribution is 5.87. The molecule has 0 unspecified atom stereocenters. The zero-order valence-corrected chi connectivity index (χ0v) is 10.3. The van der Waals surface area contributed by atoms with Gasteiger partial charge in [-0.15, -0.1) is 0 Å². The predicted octanol–water partition coefficient (Wildman–Crippen LogP) is 0.707. The van der Waals surface area contributed by atoms with Crippen LogP contribution in [0.15, 0.2) is 24.3 Å². The first-order chi connectivity index (χ1) is 9.04. The molecule has 4 N–H and O–H groups in total. The average Bonchev–Trinajstić information content (AvgIpc) is 2.35. The number of carboxylic acid groups (broad SMARTS) is 1. The van der Waals surface area contributed by atoms with Gasteiger partial charge in [-0.25, -0.2) is 9.59 Å². The third kappa shape index (κ3) is 3.69. The summed E-state index contributed by atoms with van der Waals surface area (Å²) >= 11 is 0. The molecule has 2 rings (SSSR count). The summed E-state index contributed by atoms with van der Waals surface area (Å²) in [6.07, 6.45) is 0.899. The molecule has 0 heterocycles. The Hall–Kier alpha value is -2.08. The number of urea groups is 1. The van der Waals surface area contributed by atoms with Gasteiger partial charge in [-0.05, 0) is 30.5 Å². The van der Waals surface area contributed by atoms with Crippen LogP contribution in [-0.4, -0.2) is 34.4 Å². The average molecular weight is 264 g/mol. The van der Waals surface area contributed by atoms with E-state index in [0.717, 1.165) is 5.56 Å². The van der Waals surface area contributed by atoms with E-state index in [-0.39, 0.29) is 23.7 Å². The number of nitrogens with one attached hydrogen (secondary N) is 2. The topological polar surface area (TPSA) is 98.7 Å². The number of carbonyl (C=O) groups excluding carboxylic acids is 1. The normalized spacial score (nSPS) is 21.3. The molecule has 19 heavy (non-hydrogen) atoms. The van der Waals surface area contributed by atoms with Gasteiger partial charge in [0, 0.05) is 12.6 Å². The lowest BCUT2D eigenvalue weighted by atomic mass is 9.90. The summed E-state index contributed by atoms with van der Waals surface area (Å²) in [5.74, 6) is -0.971. The Kier molecular flexibility index (Phi) is 4.01. The van der Waals surface area contributed by atoms with Gasteiger partial charge in [-0.3, -0.25) is 0 Å². The fraction of sp³-hybridized carbons (Fsp3) is 0.385. The maximum atomic E-state index is 11.5. The SMILES string of the molecule is O=C(NCc1ccc(C(=O)O)cc1)NC1CC(O)C1. The molecular weight excluding hydrogens is 248 g/mol. The second-order valence-electron chi connectivity index (χ2n) is 4.65. The van der Waals surface area contributed by atoms with E-state index in [0.29, 0.717) is 19.4 Å². The zero-order valence-electron chi connectivity index (χ0n) is 10.3. The second kappa shape index (κ2) is 5.71. The lowest BCUT2D eigenvalue weighted by Gasteiger charge is -2.31. The van der Waals surface area contributed by atoms with Crippen molar-refractivity contribution < 1.29 is 19.8 Å². The summed E-state index contributed by atoms with van der Waals surface area (Å²) in [7, 11) is 0. The number of aliphatic hydroxyl groups excluding tert-OH is 1. The van der Waals surface area contributed by atoms with Crippen LogP contribution in [0.2, 0.25) is 0 Å². The molecule has 6 heteroatoms. The minimum Gasteiger partial charge on any atom is -0.478 e. The van der Waals surface area contributed by atoms with Crippen molar-refractivity contribution in [2.24, 2.45) is 0 Å². The van der Waals surface area contributed by atoms with Gasteiger partial charge < -0.3 is 20.8 Å². The third-order valence-electron chi connectivity index (χ3n) is 3.10. The first kappa shape index (κ1) is 13.4. The van der Waals surface area contributed by atoms with Gasteiger partial charge in [0.2, 0.25) is 0 Å². The number of aromatic carboxylic acids is 1. The molecule has 0 saturated heterocycles. The van der Waals surface area contributed by atoms with E-state index in [9.17, 15) is 9.59 Å². The number of hydrogen-bond acceptors (Lipinski definition) is 3. The first-order valence-corrected chi connectivity index (χ1v) is 6.09. The second-order valence-corrected chi connectivity index (χ2v) is 4.65. The van der Waals surface area contributed by atoms with E-state index < -0.39 is 5.97 Å². The molecule has 0 radical (unpaired) electrons. The number of amides is 2. The summed E-state index contributed by atoms with van der Waals surface area (Å²) in [6.45, 7) is 0.334. The van der Waals surface area contributed by atoms with Crippen LogP contribution in [0.3, 0.4) is 0 Å². The van der Waals surface area contributed by atoms with Crippen LogP contribution in [0.5, 0.6) is 0 Å². The fourth-order valence-corrected chi connectivity index (χ4v) is 1.89. The molecular formula is C13H16N2O4. The molecule has 0 bridgehead atoms. The highest BCUT2D eigenvalue weighted by atomic mass is 16.4. The minimum atomic E-state index is -0.971. The summed E-state index contributed by atoms with van der Waals surface area (Å²) in [6, 6.07) is 6.09. The first-order valence-electron chi connectivity index (χ1n) is 6.09. The van der Waals surface area contributed by atoms with Crippen LogP contribution in [-0.2, 0) is 6.54 Å². The fourth-order valence-electron chi connectivity index (χ4n) is 1.89. The molecule has 1 saturated carbocycles. The molecule has 1 fully saturated rings. The monoisotopic (exact) mass is 264 g/mol. The Balaban J connectivity index is 1.75. The van der Waals surface area contributed by atoms with E-state index in [1.165, 1.54) is 12.1 Å². The van der Waals surface area contributed by atoms with E-state index in [1.807, 2.05) is 0 Å². The quantitative estimate of drug-likeness (QED) is 0.643. The van der Waals surface area contributed by atoms with Crippen molar-refractivity contribution >= 4 is 12.0 Å². The van der Waals surface area contributed by atoms with Gasteiger partial charge in [-0.1, -0.05) is 12.1 Å². The summed E-state index contributed by atoms with van der Waals surface area (Å²) in [4.78, 5) is 22.2. The van der Waals surface area contributed by atoms with Crippen molar-refractivity contribution in [1.82, 2.24) is 10.6 Å². The molecule has 1 aliphatic carbocycles. The molecule has 0 aromatic heterocycles. The van der Waals surface area contributed by atoms with E-state index in [2.05, 4.69) is 10.6 Å². The summed E-state index contributed by atoms with van der Waals surface area (Å²) in [5, 5.41) is 23.3. The van der Waals surface area contributed by atoms with Gasteiger partial charge >= 0.3 is 12.0 Å². The highest BCUT2D eigenvalue weighted by Gasteiger charge is 2.28. The smallest absolute Gasteiger partial charge is 0.335 e. The van der Waals surface area contributed by atoms with Crippen molar-refractivity contribution in [2.75, 3.05) is 0 Å². The molecule has 0 spiro atoms. The molecule has 2 amide bonds. The third-order valence-corrected chi connectivity index (χ3v) is 3.10. The minimum absolute atomic E-state index is 0.0457. The van der Waals surface area contributed by atoms with Crippen molar-refractivity contribution in [3.8, 4) is 0 Å². The van der Waals surface area contributed by atoms with Crippen LogP contribution in [0.4, 0.5) is 4.79 Å². The van der Waals surface area contributed by atoms with Gasteiger partial charge in [0.1, 0.15) is 0 Å². The van der Waals surface area contributed by atoms with Crippen LogP contribution in [0, 0.1) is 0 Å². The van der Waals surface area contributed by atoms with Crippen LogP contribution in [0.1, 0.15) is 28.8 Å². The molecule has 1 aromatic rings. The summed E-state index contributed by atoms with van der Waals surface area (Å²) < 4.78 is 0. The Bertz CT molecular complexity index is 466. The van der Waals surface area contributed by atoms with Gasteiger partial charge in [0.15, 0.2) is 0 Å². The highest BCUT2D eigenvalue weighted by Crippen LogP contribution is 2.18. The van der Waals surface area contributed by atoms with Crippen molar-refractivity contribution in [1.29, 1.82) is 0 Å². The number of benzene rings is 1. The molecule has 0 atom stereocenters. The Morgan fingerprint density at radius 3 is 2.37 bits per heavy atom. The molecule has 0 aliphatic heterocycles. The number of rotatable bonds is 4. The molecule has 6 nitrogen and oxygen atoms in total. The van der Waals surface area contributed by atoms with E-state index in [1.54, 1.807) is 12.1 Å². The lowest BCUT2D eigenvalue weighted by Crippen LogP contribution is -2.49. The van der Waals surface area contributed by atoms with Gasteiger partial charge in [0.05, 0.1) is 11.7 Å². The Morgan fingerprint density at radius 1 is 1.21 bits per heavy atom. The van der Waals surface area contributed by atoms with Crippen molar-refractivity contribution in [3.63, 3.8) is 0 Å². The van der Waals surface area contributed by atoms with E-state index >= 15 is 0 Å². The van der Waals surface area contributed by atoms with Crippen LogP contribution < -0.4 is 10.6 Å². The number of hydrogen-bond donors (Lipinski definition) is 4. The van der Waals surface area contributed by atoms with E-state index in [4.69, 9.17) is 10.2 Å². The Labute approximate surface area is 110 Å². The largest absolute Gasteiger partial charge is 0.478 e. The number of carboxylic acids is 1. The standard InChI is InChI=1S/C13H16N2O4/c16-11-5-10(6-11)15-13(19)14-7-8-1-3-9(4-2-8)12(17)18/h1-4,10-11,16H,5-7H2,(H,17,18)(H2,14,15,19). The van der Waals surface area contributed by atoms with Crippen molar-refractivity contribution in [3.05, 3.63) is 35.4 Å². The predicted molar refractivity (Wildman–Crippen MR) is 67.8 cm³/mol. The molecule has 1 aliphatic rings. The van der Waals surface area contributed by atoms with Gasteiger partial charge in [-0.2, -0.15) is 0 Å². The molecule has 102 valence electrons. The Morgan fingerprint density at radius 2 is 1.84 bits per heavy atom. The maximum absolute atomic E-state index is 11.5. The van der Waals surface area contributed by atoms with Gasteiger partial charge in [0.25, 0.3) is 0 Å².